The zero-order valence-electron chi connectivity index (χ0n) is 6.65. The molecule has 0 saturated heterocycles. The second-order valence-electron chi connectivity index (χ2n) is 3.02. The molecule has 0 heterocycles. The molecule has 0 N–H and O–H groups in total. The summed E-state index contributed by atoms with van der Waals surface area (Å²) in [4.78, 5) is 21.8. The van der Waals surface area contributed by atoms with Gasteiger partial charge in [-0.05, 0) is 31.9 Å². The predicted octanol–water partition coefficient (Wildman–Crippen LogP) is 2.49. The molecule has 1 atom stereocenters. The summed E-state index contributed by atoms with van der Waals surface area (Å²) in [6, 6.07) is 0. The van der Waals surface area contributed by atoms with Crippen molar-refractivity contribution in [2.75, 3.05) is 0 Å². The zero-order chi connectivity index (χ0) is 9.23. The lowest BCUT2D eigenvalue weighted by Gasteiger charge is -2.24. The molecule has 64 valence electrons. The van der Waals surface area contributed by atoms with Gasteiger partial charge in [-0.3, -0.25) is 9.59 Å². The van der Waals surface area contributed by atoms with Crippen LogP contribution in [0.25, 0.3) is 0 Å². The van der Waals surface area contributed by atoms with Crippen molar-refractivity contribution in [1.82, 2.24) is 0 Å². The largest absolute Gasteiger partial charge is 0.286 e. The molecule has 1 unspecified atom stereocenters. The van der Waals surface area contributed by atoms with Gasteiger partial charge in [-0.2, -0.15) is 0 Å². The van der Waals surface area contributed by atoms with E-state index in [1.807, 2.05) is 0 Å². The van der Waals surface area contributed by atoms with Crippen molar-refractivity contribution in [3.63, 3.8) is 0 Å². The summed E-state index contributed by atoms with van der Waals surface area (Å²) in [7, 11) is 0. The summed E-state index contributed by atoms with van der Waals surface area (Å²) in [5, 5.41) is 0. The second kappa shape index (κ2) is 3.81. The summed E-state index contributed by atoms with van der Waals surface area (Å²) < 4.78 is -0.291. The van der Waals surface area contributed by atoms with E-state index in [1.165, 1.54) is 0 Å². The van der Waals surface area contributed by atoms with Crippen LogP contribution in [-0.2, 0) is 9.59 Å². The van der Waals surface area contributed by atoms with Gasteiger partial charge < -0.3 is 0 Å². The average Bonchev–Trinajstić information content (AvgIpc) is 1.85. The van der Waals surface area contributed by atoms with Crippen molar-refractivity contribution in [3.8, 4) is 0 Å². The van der Waals surface area contributed by atoms with Gasteiger partial charge in [0.1, 0.15) is 0 Å². The quantitative estimate of drug-likeness (QED) is 0.747. The van der Waals surface area contributed by atoms with Crippen molar-refractivity contribution in [1.29, 1.82) is 0 Å². The number of hydrogen-bond acceptors (Lipinski definition) is 2. The Kier molecular flexibility index (Phi) is 3.91. The Bertz CT molecular complexity index is 187. The number of halogens is 2. The van der Waals surface area contributed by atoms with E-state index in [-0.39, 0.29) is 15.3 Å². The van der Waals surface area contributed by atoms with Crippen LogP contribution in [0.15, 0.2) is 0 Å². The fourth-order valence-corrected chi connectivity index (χ4v) is 1.37. The highest BCUT2D eigenvalue weighted by Gasteiger charge is 2.35. The molecule has 2 nitrogen and oxygen atoms in total. The SMILES string of the molecule is CC(C(=O)Br)C(C)(C)C(=O)Br. The molecule has 0 aromatic rings. The Morgan fingerprint density at radius 1 is 1.27 bits per heavy atom. The summed E-state index contributed by atoms with van der Waals surface area (Å²) in [6.45, 7) is 5.18. The third kappa shape index (κ3) is 2.67. The van der Waals surface area contributed by atoms with Crippen molar-refractivity contribution in [2.24, 2.45) is 11.3 Å². The minimum atomic E-state index is -0.638. The molecule has 0 saturated carbocycles. The molecule has 0 aliphatic heterocycles. The number of carbonyl (C=O) groups is 2. The molecule has 11 heavy (non-hydrogen) atoms. The summed E-state index contributed by atoms with van der Waals surface area (Å²) in [6.07, 6.45) is 0. The zero-order valence-corrected chi connectivity index (χ0v) is 9.82. The highest BCUT2D eigenvalue weighted by atomic mass is 79.9. The highest BCUT2D eigenvalue weighted by Crippen LogP contribution is 2.31. The Morgan fingerprint density at radius 3 is 1.73 bits per heavy atom. The standard InChI is InChI=1S/C7H10Br2O2/c1-4(5(8)10)7(2,3)6(9)11/h4H,1-3H3. The molecule has 0 amide bonds. The van der Waals surface area contributed by atoms with Crippen molar-refractivity contribution >= 4 is 41.2 Å². The van der Waals surface area contributed by atoms with Gasteiger partial charge in [-0.1, -0.05) is 20.8 Å². The Labute approximate surface area is 83.0 Å². The van der Waals surface area contributed by atoms with E-state index < -0.39 is 5.41 Å². The van der Waals surface area contributed by atoms with E-state index in [0.29, 0.717) is 0 Å². The Morgan fingerprint density at radius 2 is 1.64 bits per heavy atom. The van der Waals surface area contributed by atoms with Gasteiger partial charge in [0.05, 0.1) is 0 Å². The first-order valence-electron chi connectivity index (χ1n) is 3.19. The molecule has 0 aromatic carbocycles. The fourth-order valence-electron chi connectivity index (χ4n) is 0.454. The average molecular weight is 286 g/mol. The van der Waals surface area contributed by atoms with Gasteiger partial charge >= 0.3 is 0 Å². The third-order valence-electron chi connectivity index (χ3n) is 1.93. The van der Waals surface area contributed by atoms with Crippen LogP contribution < -0.4 is 0 Å². The van der Waals surface area contributed by atoms with E-state index in [9.17, 15) is 9.59 Å². The molecule has 0 aliphatic carbocycles. The molecule has 0 aromatic heterocycles. The maximum atomic E-state index is 11.0. The lowest BCUT2D eigenvalue weighted by Crippen LogP contribution is -2.31. The summed E-state index contributed by atoms with van der Waals surface area (Å²) >= 11 is 5.68. The van der Waals surface area contributed by atoms with Gasteiger partial charge in [-0.15, -0.1) is 0 Å². The van der Waals surface area contributed by atoms with Crippen LogP contribution >= 0.6 is 31.9 Å². The summed E-state index contributed by atoms with van der Waals surface area (Å²) in [5.74, 6) is -0.311. The molecule has 4 heteroatoms. The van der Waals surface area contributed by atoms with Gasteiger partial charge in [-0.25, -0.2) is 0 Å². The molecule has 0 bridgehead atoms. The van der Waals surface area contributed by atoms with E-state index in [1.54, 1.807) is 20.8 Å². The first-order chi connectivity index (χ1) is 4.80. The highest BCUT2D eigenvalue weighted by molar-refractivity contribution is 9.18. The maximum absolute atomic E-state index is 11.0. The maximum Gasteiger partial charge on any atom is 0.204 e. The molecule has 0 spiro atoms. The number of carbonyl (C=O) groups excluding carboxylic acids is 2. The molecule has 0 rings (SSSR count). The molecular weight excluding hydrogens is 276 g/mol. The van der Waals surface area contributed by atoms with Crippen molar-refractivity contribution in [3.05, 3.63) is 0 Å². The number of rotatable bonds is 3. The van der Waals surface area contributed by atoms with E-state index in [2.05, 4.69) is 31.9 Å². The van der Waals surface area contributed by atoms with Gasteiger partial charge in [0.2, 0.25) is 9.39 Å². The van der Waals surface area contributed by atoms with Crippen LogP contribution in [-0.4, -0.2) is 9.39 Å². The van der Waals surface area contributed by atoms with E-state index in [4.69, 9.17) is 0 Å². The minimum Gasteiger partial charge on any atom is -0.286 e. The Balaban J connectivity index is 4.55. The smallest absolute Gasteiger partial charge is 0.204 e. The molecule has 0 fully saturated rings. The van der Waals surface area contributed by atoms with Crippen molar-refractivity contribution in [2.45, 2.75) is 20.8 Å². The van der Waals surface area contributed by atoms with E-state index >= 15 is 0 Å². The first-order valence-corrected chi connectivity index (χ1v) is 4.78. The lowest BCUT2D eigenvalue weighted by molar-refractivity contribution is -0.126. The second-order valence-corrected chi connectivity index (χ2v) is 4.52. The summed E-state index contributed by atoms with van der Waals surface area (Å²) in [5.41, 5.74) is -0.638. The van der Waals surface area contributed by atoms with Gasteiger partial charge in [0.25, 0.3) is 0 Å². The van der Waals surface area contributed by atoms with Crippen LogP contribution in [0.3, 0.4) is 0 Å². The lowest BCUT2D eigenvalue weighted by atomic mass is 9.82. The minimum absolute atomic E-state index is 0.143. The van der Waals surface area contributed by atoms with Crippen LogP contribution in [0.4, 0.5) is 0 Å². The van der Waals surface area contributed by atoms with Crippen LogP contribution in [0, 0.1) is 11.3 Å². The van der Waals surface area contributed by atoms with Gasteiger partial charge in [0.15, 0.2) is 0 Å². The first kappa shape index (κ1) is 11.3. The fraction of sp³-hybridized carbons (Fsp3) is 0.714. The molecular formula is C7H10Br2O2. The van der Waals surface area contributed by atoms with Crippen LogP contribution in [0.2, 0.25) is 0 Å². The van der Waals surface area contributed by atoms with Crippen LogP contribution in [0.1, 0.15) is 20.8 Å². The van der Waals surface area contributed by atoms with Crippen LogP contribution in [0.5, 0.6) is 0 Å². The van der Waals surface area contributed by atoms with Gasteiger partial charge in [0, 0.05) is 11.3 Å². The normalized spacial score (nSPS) is 14.3. The predicted molar refractivity (Wildman–Crippen MR) is 50.8 cm³/mol. The number of hydrogen-bond donors (Lipinski definition) is 0. The molecule has 0 radical (unpaired) electrons. The van der Waals surface area contributed by atoms with E-state index in [0.717, 1.165) is 0 Å². The topological polar surface area (TPSA) is 34.1 Å². The van der Waals surface area contributed by atoms with Crippen molar-refractivity contribution < 1.29 is 9.59 Å². The molecule has 0 aliphatic rings. The monoisotopic (exact) mass is 284 g/mol. The Hall–Kier alpha value is 0.300. The third-order valence-corrected chi connectivity index (χ3v) is 3.64.